The summed E-state index contributed by atoms with van der Waals surface area (Å²) in [5, 5.41) is 2.97. The number of rotatable bonds is 3. The quantitative estimate of drug-likeness (QED) is 0.661. The fraction of sp³-hybridized carbons (Fsp3) is 0.250. The minimum absolute atomic E-state index is 0.0301. The van der Waals surface area contributed by atoms with Gasteiger partial charge in [-0.15, -0.1) is 0 Å². The van der Waals surface area contributed by atoms with Gasteiger partial charge in [-0.2, -0.15) is 0 Å². The molecule has 0 saturated heterocycles. The van der Waals surface area contributed by atoms with Gasteiger partial charge in [0.05, 0.1) is 0 Å². The zero-order chi connectivity index (χ0) is 15.0. The summed E-state index contributed by atoms with van der Waals surface area (Å²) in [6.45, 7) is 0. The molecule has 0 atom stereocenters. The highest BCUT2D eigenvalue weighted by Crippen LogP contribution is 2.39. The van der Waals surface area contributed by atoms with E-state index >= 15 is 0 Å². The van der Waals surface area contributed by atoms with E-state index in [-0.39, 0.29) is 11.7 Å². The third kappa shape index (κ3) is 3.29. The fourth-order valence-electron chi connectivity index (χ4n) is 2.63. The number of halogens is 4. The molecule has 5 heteroatoms. The van der Waals surface area contributed by atoms with Gasteiger partial charge in [-0.3, -0.25) is 0 Å². The minimum atomic E-state index is -0.561. The van der Waals surface area contributed by atoms with Crippen molar-refractivity contribution in [2.24, 2.45) is 0 Å². The van der Waals surface area contributed by atoms with Crippen LogP contribution in [-0.2, 0) is 0 Å². The molecule has 0 bridgehead atoms. The number of hydrogen-bond donors (Lipinski definition) is 1. The van der Waals surface area contributed by atoms with Crippen molar-refractivity contribution >= 4 is 37.5 Å². The Morgan fingerprint density at radius 3 is 2.05 bits per heavy atom. The van der Waals surface area contributed by atoms with Crippen molar-refractivity contribution in [1.29, 1.82) is 0 Å². The van der Waals surface area contributed by atoms with Gasteiger partial charge in [0.1, 0.15) is 17.3 Å². The molecule has 0 amide bonds. The first-order valence-corrected chi connectivity index (χ1v) is 8.28. The SMILES string of the molecule is Fc1cc(Br)cc(F)c1NC1CC(c2ccc(Br)cc2)C1. The molecule has 0 unspecified atom stereocenters. The van der Waals surface area contributed by atoms with Crippen LogP contribution in [0, 0.1) is 11.6 Å². The molecule has 1 N–H and O–H groups in total. The van der Waals surface area contributed by atoms with Crippen LogP contribution >= 0.6 is 31.9 Å². The monoisotopic (exact) mass is 415 g/mol. The van der Waals surface area contributed by atoms with E-state index < -0.39 is 11.6 Å². The molecule has 1 aliphatic rings. The van der Waals surface area contributed by atoms with Crippen LogP contribution in [0.15, 0.2) is 45.3 Å². The Labute approximate surface area is 139 Å². The lowest BCUT2D eigenvalue weighted by molar-refractivity contribution is 0.371. The summed E-state index contributed by atoms with van der Waals surface area (Å²) in [4.78, 5) is 0. The van der Waals surface area contributed by atoms with Gasteiger partial charge in [-0.25, -0.2) is 8.78 Å². The lowest BCUT2D eigenvalue weighted by atomic mass is 9.76. The number of hydrogen-bond acceptors (Lipinski definition) is 1. The largest absolute Gasteiger partial charge is 0.378 e. The Morgan fingerprint density at radius 1 is 0.905 bits per heavy atom. The summed E-state index contributed by atoms with van der Waals surface area (Å²) in [5.74, 6) is -0.667. The van der Waals surface area contributed by atoms with Gasteiger partial charge < -0.3 is 5.32 Å². The third-order valence-corrected chi connectivity index (χ3v) is 4.82. The summed E-state index contributed by atoms with van der Waals surface area (Å²) in [7, 11) is 0. The van der Waals surface area contributed by atoms with Crippen LogP contribution in [-0.4, -0.2) is 6.04 Å². The van der Waals surface area contributed by atoms with E-state index in [1.807, 2.05) is 12.1 Å². The fourth-order valence-corrected chi connectivity index (χ4v) is 3.29. The highest BCUT2D eigenvalue weighted by atomic mass is 79.9. The van der Waals surface area contributed by atoms with Crippen LogP contribution in [0.4, 0.5) is 14.5 Å². The van der Waals surface area contributed by atoms with E-state index in [0.29, 0.717) is 10.4 Å². The molecule has 3 rings (SSSR count). The maximum absolute atomic E-state index is 13.8. The molecule has 1 saturated carbocycles. The van der Waals surface area contributed by atoms with Crippen molar-refractivity contribution < 1.29 is 8.78 Å². The molecular weight excluding hydrogens is 404 g/mol. The summed E-state index contributed by atoms with van der Waals surface area (Å²) >= 11 is 6.49. The van der Waals surface area contributed by atoms with Crippen LogP contribution in [0.25, 0.3) is 0 Å². The van der Waals surface area contributed by atoms with Gasteiger partial charge in [-0.05, 0) is 48.6 Å². The minimum Gasteiger partial charge on any atom is -0.378 e. The number of benzene rings is 2. The molecule has 1 aliphatic carbocycles. The topological polar surface area (TPSA) is 12.0 Å². The summed E-state index contributed by atoms with van der Waals surface area (Å²) in [5.41, 5.74) is 1.24. The van der Waals surface area contributed by atoms with Crippen molar-refractivity contribution in [3.8, 4) is 0 Å². The highest BCUT2D eigenvalue weighted by Gasteiger charge is 2.31. The van der Waals surface area contributed by atoms with Crippen molar-refractivity contribution in [2.75, 3.05) is 5.32 Å². The zero-order valence-electron chi connectivity index (χ0n) is 11.0. The van der Waals surface area contributed by atoms with Gasteiger partial charge in [0, 0.05) is 15.0 Å². The van der Waals surface area contributed by atoms with Crippen LogP contribution in [0.5, 0.6) is 0 Å². The number of nitrogens with one attached hydrogen (secondary N) is 1. The smallest absolute Gasteiger partial charge is 0.150 e. The molecule has 0 radical (unpaired) electrons. The highest BCUT2D eigenvalue weighted by molar-refractivity contribution is 9.10. The number of anilines is 1. The molecule has 21 heavy (non-hydrogen) atoms. The Balaban J connectivity index is 1.64. The van der Waals surface area contributed by atoms with E-state index in [1.54, 1.807) is 0 Å². The van der Waals surface area contributed by atoms with Crippen molar-refractivity contribution in [3.63, 3.8) is 0 Å². The maximum Gasteiger partial charge on any atom is 0.150 e. The Morgan fingerprint density at radius 2 is 1.48 bits per heavy atom. The standard InChI is InChI=1S/C16H13Br2F2N/c17-11-3-1-9(2-4-11)10-5-13(6-10)21-16-14(19)7-12(18)8-15(16)20/h1-4,7-8,10,13,21H,5-6H2. The summed E-state index contributed by atoms with van der Waals surface area (Å²) < 4.78 is 29.0. The van der Waals surface area contributed by atoms with E-state index in [4.69, 9.17) is 0 Å². The van der Waals surface area contributed by atoms with Gasteiger partial charge in [0.25, 0.3) is 0 Å². The molecular formula is C16H13Br2F2N. The molecule has 1 nitrogen and oxygen atoms in total. The first-order valence-electron chi connectivity index (χ1n) is 6.69. The maximum atomic E-state index is 13.8. The lowest BCUT2D eigenvalue weighted by Crippen LogP contribution is -2.34. The van der Waals surface area contributed by atoms with Gasteiger partial charge in [0.15, 0.2) is 0 Å². The van der Waals surface area contributed by atoms with Crippen LogP contribution in [0.2, 0.25) is 0 Å². The average Bonchev–Trinajstić information content (AvgIpc) is 2.37. The first-order chi connectivity index (χ1) is 10.0. The first kappa shape index (κ1) is 15.0. The Kier molecular flexibility index (Phi) is 4.31. The molecule has 0 spiro atoms. The van der Waals surface area contributed by atoms with Crippen LogP contribution < -0.4 is 5.32 Å². The Bertz CT molecular complexity index is 629. The van der Waals surface area contributed by atoms with Crippen molar-refractivity contribution in [3.05, 3.63) is 62.5 Å². The zero-order valence-corrected chi connectivity index (χ0v) is 14.2. The van der Waals surface area contributed by atoms with Crippen LogP contribution in [0.3, 0.4) is 0 Å². The van der Waals surface area contributed by atoms with Crippen molar-refractivity contribution in [2.45, 2.75) is 24.8 Å². The molecule has 0 heterocycles. The second-order valence-corrected chi connectivity index (χ2v) is 7.14. The van der Waals surface area contributed by atoms with E-state index in [9.17, 15) is 8.78 Å². The predicted molar refractivity (Wildman–Crippen MR) is 87.6 cm³/mol. The van der Waals surface area contributed by atoms with Gasteiger partial charge in [-0.1, -0.05) is 44.0 Å². The molecule has 0 aliphatic heterocycles. The normalized spacial score (nSPS) is 21.0. The summed E-state index contributed by atoms with van der Waals surface area (Å²) in [6, 6.07) is 10.9. The molecule has 1 fully saturated rings. The molecule has 2 aromatic carbocycles. The average molecular weight is 417 g/mol. The second kappa shape index (κ2) is 6.05. The lowest BCUT2D eigenvalue weighted by Gasteiger charge is -2.37. The molecule has 2 aromatic rings. The van der Waals surface area contributed by atoms with E-state index in [0.717, 1.165) is 17.3 Å². The molecule has 110 valence electrons. The summed E-state index contributed by atoms with van der Waals surface area (Å²) in [6.07, 6.45) is 1.77. The third-order valence-electron chi connectivity index (χ3n) is 3.83. The van der Waals surface area contributed by atoms with Crippen molar-refractivity contribution in [1.82, 2.24) is 0 Å². The van der Waals surface area contributed by atoms with Crippen LogP contribution in [0.1, 0.15) is 24.3 Å². The second-order valence-electron chi connectivity index (χ2n) is 5.31. The van der Waals surface area contributed by atoms with Gasteiger partial charge >= 0.3 is 0 Å². The van der Waals surface area contributed by atoms with E-state index in [1.165, 1.54) is 17.7 Å². The predicted octanol–water partition coefficient (Wildman–Crippen LogP) is 5.85. The Hall–Kier alpha value is -0.940. The van der Waals surface area contributed by atoms with Gasteiger partial charge in [0.2, 0.25) is 0 Å². The van der Waals surface area contributed by atoms with E-state index in [2.05, 4.69) is 49.3 Å². The molecule has 0 aromatic heterocycles.